The van der Waals surface area contributed by atoms with Crippen LogP contribution in [0.15, 0.2) is 42.0 Å². The number of halogens is 1. The number of nitrogens with zero attached hydrogens (tertiary/aromatic N) is 4. The summed E-state index contributed by atoms with van der Waals surface area (Å²) in [6.07, 6.45) is 5.09. The third kappa shape index (κ3) is 2.64. The Morgan fingerprint density at radius 3 is 2.75 bits per heavy atom. The molecule has 2 aromatic heterocycles. The molecule has 2 heterocycles. The first-order valence-electron chi connectivity index (χ1n) is 7.23. The zero-order valence-corrected chi connectivity index (χ0v) is 13.4. The molecule has 0 aliphatic rings. The van der Waals surface area contributed by atoms with Crippen LogP contribution in [0.1, 0.15) is 11.3 Å². The maximum absolute atomic E-state index is 14.0. The van der Waals surface area contributed by atoms with Gasteiger partial charge >= 0.3 is 0 Å². The van der Waals surface area contributed by atoms with Gasteiger partial charge in [0.25, 0.3) is 0 Å². The van der Waals surface area contributed by atoms with E-state index >= 15 is 0 Å². The second-order valence-electron chi connectivity index (χ2n) is 5.33. The van der Waals surface area contributed by atoms with E-state index in [0.717, 1.165) is 22.9 Å². The second-order valence-corrected chi connectivity index (χ2v) is 5.33. The minimum atomic E-state index is -0.530. The van der Waals surface area contributed by atoms with E-state index in [9.17, 15) is 9.30 Å². The maximum Gasteiger partial charge on any atom is 0.174 e. The average molecular weight is 326 g/mol. The lowest BCUT2D eigenvalue weighted by Gasteiger charge is -2.13. The predicted molar refractivity (Wildman–Crippen MR) is 88.2 cm³/mol. The first-order chi connectivity index (χ1) is 11.5. The fourth-order valence-electron chi connectivity index (χ4n) is 2.59. The molecule has 0 saturated heterocycles. The molecule has 0 aliphatic carbocycles. The summed E-state index contributed by atoms with van der Waals surface area (Å²) in [7, 11) is 1.36. The van der Waals surface area contributed by atoms with Crippen LogP contribution in [0.2, 0.25) is 0 Å². The molecule has 0 unspecified atom stereocenters. The van der Waals surface area contributed by atoms with Gasteiger partial charge in [0, 0.05) is 36.3 Å². The Balaban J connectivity index is 2.31. The smallest absolute Gasteiger partial charge is 0.174 e. The number of methoxy groups -OCH3 is 1. The molecule has 6 nitrogen and oxygen atoms in total. The number of pyridine rings is 1. The average Bonchev–Trinajstić information content (AvgIpc) is 2.95. The Hall–Kier alpha value is -3.09. The molecule has 0 N–H and O–H groups in total. The van der Waals surface area contributed by atoms with Crippen molar-refractivity contribution in [2.45, 2.75) is 13.8 Å². The van der Waals surface area contributed by atoms with Crippen molar-refractivity contribution < 1.29 is 9.13 Å². The SMILES string of the molecule is COc1cc(F)cc(-n2cc(C)nc2-c2ccncc2C)c1N=O. The van der Waals surface area contributed by atoms with Gasteiger partial charge in [-0.2, -0.15) is 0 Å². The highest BCUT2D eigenvalue weighted by atomic mass is 19.1. The molecule has 0 radical (unpaired) electrons. The zero-order chi connectivity index (χ0) is 17.3. The number of aromatic nitrogens is 3. The Bertz CT molecular complexity index is 921. The quantitative estimate of drug-likeness (QED) is 0.677. The van der Waals surface area contributed by atoms with Crippen molar-refractivity contribution in [3.8, 4) is 22.8 Å². The summed E-state index contributed by atoms with van der Waals surface area (Å²) in [5.41, 5.74) is 2.76. The molecule has 0 bridgehead atoms. The topological polar surface area (TPSA) is 69.4 Å². The molecule has 1 aromatic carbocycles. The Kier molecular flexibility index (Phi) is 4.07. The number of ether oxygens (including phenoxy) is 1. The van der Waals surface area contributed by atoms with Crippen LogP contribution >= 0.6 is 0 Å². The van der Waals surface area contributed by atoms with Gasteiger partial charge in [-0.3, -0.25) is 9.55 Å². The van der Waals surface area contributed by atoms with Crippen molar-refractivity contribution in [1.82, 2.24) is 14.5 Å². The van der Waals surface area contributed by atoms with Gasteiger partial charge in [-0.1, -0.05) is 0 Å². The van der Waals surface area contributed by atoms with E-state index in [1.165, 1.54) is 13.2 Å². The molecule has 24 heavy (non-hydrogen) atoms. The standard InChI is InChI=1S/C17H15FN4O2/c1-10-8-19-5-4-13(10)17-20-11(2)9-22(17)14-6-12(18)7-15(24-3)16(14)21-23/h4-9H,1-3H3. The number of rotatable bonds is 4. The van der Waals surface area contributed by atoms with Gasteiger partial charge in [0.05, 0.1) is 18.5 Å². The highest BCUT2D eigenvalue weighted by molar-refractivity contribution is 5.70. The molecule has 0 aliphatic heterocycles. The third-order valence-corrected chi connectivity index (χ3v) is 3.68. The minimum absolute atomic E-state index is 0.0178. The summed E-state index contributed by atoms with van der Waals surface area (Å²) in [6.45, 7) is 3.72. The monoisotopic (exact) mass is 326 g/mol. The van der Waals surface area contributed by atoms with Gasteiger partial charge in [0.1, 0.15) is 11.6 Å². The summed E-state index contributed by atoms with van der Waals surface area (Å²) in [6, 6.07) is 4.18. The maximum atomic E-state index is 14.0. The van der Waals surface area contributed by atoms with Crippen LogP contribution in [-0.4, -0.2) is 21.6 Å². The Morgan fingerprint density at radius 2 is 2.08 bits per heavy atom. The number of hydrogen-bond acceptors (Lipinski definition) is 5. The fourth-order valence-corrected chi connectivity index (χ4v) is 2.59. The number of nitroso groups, excluding NO2 is 1. The van der Waals surface area contributed by atoms with E-state index < -0.39 is 5.82 Å². The van der Waals surface area contributed by atoms with Gasteiger partial charge in [0.15, 0.2) is 11.4 Å². The van der Waals surface area contributed by atoms with Crippen molar-refractivity contribution in [3.05, 3.63) is 58.8 Å². The van der Waals surface area contributed by atoms with Gasteiger partial charge in [-0.05, 0) is 30.7 Å². The first-order valence-corrected chi connectivity index (χ1v) is 7.23. The van der Waals surface area contributed by atoms with Crippen LogP contribution < -0.4 is 4.74 Å². The van der Waals surface area contributed by atoms with E-state index in [1.54, 1.807) is 23.2 Å². The lowest BCUT2D eigenvalue weighted by atomic mass is 10.1. The largest absolute Gasteiger partial charge is 0.494 e. The van der Waals surface area contributed by atoms with Gasteiger partial charge in [-0.15, -0.1) is 4.91 Å². The van der Waals surface area contributed by atoms with Crippen LogP contribution in [0.5, 0.6) is 5.75 Å². The van der Waals surface area contributed by atoms with Gasteiger partial charge in [0.2, 0.25) is 0 Å². The third-order valence-electron chi connectivity index (χ3n) is 3.68. The molecule has 0 fully saturated rings. The summed E-state index contributed by atoms with van der Waals surface area (Å²) in [5.74, 6) is 0.117. The van der Waals surface area contributed by atoms with E-state index in [1.807, 2.05) is 19.9 Å². The van der Waals surface area contributed by atoms with Crippen molar-refractivity contribution in [3.63, 3.8) is 0 Å². The lowest BCUT2D eigenvalue weighted by Crippen LogP contribution is -2.00. The van der Waals surface area contributed by atoms with Crippen molar-refractivity contribution in [1.29, 1.82) is 0 Å². The molecule has 3 rings (SSSR count). The van der Waals surface area contributed by atoms with E-state index in [4.69, 9.17) is 4.74 Å². The normalized spacial score (nSPS) is 10.7. The molecule has 3 aromatic rings. The fraction of sp³-hybridized carbons (Fsp3) is 0.176. The number of hydrogen-bond donors (Lipinski definition) is 0. The van der Waals surface area contributed by atoms with Crippen LogP contribution in [0.3, 0.4) is 0 Å². The highest BCUT2D eigenvalue weighted by Crippen LogP contribution is 2.37. The zero-order valence-electron chi connectivity index (χ0n) is 13.4. The Labute approximate surface area is 137 Å². The van der Waals surface area contributed by atoms with Crippen molar-refractivity contribution in [2.24, 2.45) is 5.18 Å². The number of benzene rings is 1. The molecule has 7 heteroatoms. The molecule has 0 spiro atoms. The molecular formula is C17H15FN4O2. The van der Waals surface area contributed by atoms with Crippen molar-refractivity contribution >= 4 is 5.69 Å². The highest BCUT2D eigenvalue weighted by Gasteiger charge is 2.19. The molecule has 0 saturated carbocycles. The van der Waals surface area contributed by atoms with E-state index in [0.29, 0.717) is 5.82 Å². The minimum Gasteiger partial charge on any atom is -0.494 e. The second kappa shape index (κ2) is 6.19. The van der Waals surface area contributed by atoms with Gasteiger partial charge in [-0.25, -0.2) is 9.37 Å². The van der Waals surface area contributed by atoms with Crippen LogP contribution in [0.25, 0.3) is 17.1 Å². The van der Waals surface area contributed by atoms with Crippen molar-refractivity contribution in [2.75, 3.05) is 7.11 Å². The first kappa shape index (κ1) is 15.8. The number of aryl methyl sites for hydroxylation is 2. The van der Waals surface area contributed by atoms with Crippen LogP contribution in [-0.2, 0) is 0 Å². The molecule has 0 amide bonds. The van der Waals surface area contributed by atoms with E-state index in [2.05, 4.69) is 15.1 Å². The summed E-state index contributed by atoms with van der Waals surface area (Å²) >= 11 is 0. The van der Waals surface area contributed by atoms with Crippen LogP contribution in [0.4, 0.5) is 10.1 Å². The molecule has 0 atom stereocenters. The van der Waals surface area contributed by atoms with E-state index in [-0.39, 0.29) is 17.1 Å². The number of imidazole rings is 1. The lowest BCUT2D eigenvalue weighted by molar-refractivity contribution is 0.412. The molecule has 122 valence electrons. The van der Waals surface area contributed by atoms with Gasteiger partial charge < -0.3 is 4.74 Å². The summed E-state index contributed by atoms with van der Waals surface area (Å²) in [4.78, 5) is 19.9. The Morgan fingerprint density at radius 1 is 1.29 bits per heavy atom. The predicted octanol–water partition coefficient (Wildman–Crippen LogP) is 4.10. The summed E-state index contributed by atoms with van der Waals surface area (Å²) in [5, 5.41) is 3.02. The molecular weight excluding hydrogens is 311 g/mol. The summed E-state index contributed by atoms with van der Waals surface area (Å²) < 4.78 is 20.7. The van der Waals surface area contributed by atoms with Crippen LogP contribution in [0, 0.1) is 24.6 Å².